The lowest BCUT2D eigenvalue weighted by atomic mass is 10.1. The number of rotatable bonds is 7. The number of benzene rings is 2. The van der Waals surface area contributed by atoms with Gasteiger partial charge in [0.25, 0.3) is 5.91 Å². The van der Waals surface area contributed by atoms with Crippen LogP contribution >= 0.6 is 0 Å². The fourth-order valence-electron chi connectivity index (χ4n) is 2.96. The van der Waals surface area contributed by atoms with Crippen molar-refractivity contribution in [3.05, 3.63) is 71.0 Å². The van der Waals surface area contributed by atoms with Gasteiger partial charge in [0.05, 0.1) is 0 Å². The maximum Gasteiger partial charge on any atom is 0.253 e. The number of nitrogens with zero attached hydrogens (tertiary/aromatic N) is 3. The molecule has 0 fully saturated rings. The van der Waals surface area contributed by atoms with Gasteiger partial charge in [-0.3, -0.25) is 9.79 Å². The zero-order chi connectivity index (χ0) is 20.5. The molecule has 28 heavy (non-hydrogen) atoms. The van der Waals surface area contributed by atoms with Crippen molar-refractivity contribution in [2.24, 2.45) is 4.99 Å². The number of nitrogens with one attached hydrogen (secondary N) is 1. The van der Waals surface area contributed by atoms with Gasteiger partial charge >= 0.3 is 0 Å². The SMILES string of the molecule is CCN(CC)C(=O)c1ccc(CNC(=NC)N(C)Cc2ccc(F)cc2)cc1. The molecule has 2 aromatic carbocycles. The predicted molar refractivity (Wildman–Crippen MR) is 112 cm³/mol. The number of hydrogen-bond acceptors (Lipinski definition) is 2. The molecule has 2 aromatic rings. The Morgan fingerprint density at radius 2 is 1.57 bits per heavy atom. The molecule has 0 saturated heterocycles. The topological polar surface area (TPSA) is 47.9 Å². The molecular formula is C22H29FN4O. The van der Waals surface area contributed by atoms with E-state index in [9.17, 15) is 9.18 Å². The van der Waals surface area contributed by atoms with Gasteiger partial charge in [-0.1, -0.05) is 24.3 Å². The molecule has 0 saturated carbocycles. The summed E-state index contributed by atoms with van der Waals surface area (Å²) in [7, 11) is 3.67. The first-order valence-corrected chi connectivity index (χ1v) is 9.52. The minimum absolute atomic E-state index is 0.0550. The van der Waals surface area contributed by atoms with E-state index in [4.69, 9.17) is 0 Å². The highest BCUT2D eigenvalue weighted by Crippen LogP contribution is 2.09. The van der Waals surface area contributed by atoms with Crippen LogP contribution in [0.5, 0.6) is 0 Å². The fraction of sp³-hybridized carbons (Fsp3) is 0.364. The van der Waals surface area contributed by atoms with E-state index in [1.54, 1.807) is 24.1 Å². The van der Waals surface area contributed by atoms with Gasteiger partial charge in [-0.2, -0.15) is 0 Å². The van der Waals surface area contributed by atoms with Crippen LogP contribution in [0.2, 0.25) is 0 Å². The van der Waals surface area contributed by atoms with Crippen molar-refractivity contribution >= 4 is 11.9 Å². The Balaban J connectivity index is 1.93. The average molecular weight is 384 g/mol. The molecule has 0 aromatic heterocycles. The maximum absolute atomic E-state index is 13.0. The van der Waals surface area contributed by atoms with E-state index in [0.717, 1.165) is 17.1 Å². The summed E-state index contributed by atoms with van der Waals surface area (Å²) >= 11 is 0. The van der Waals surface area contributed by atoms with Crippen LogP contribution in [0.15, 0.2) is 53.5 Å². The molecule has 5 nitrogen and oxygen atoms in total. The Hall–Kier alpha value is -2.89. The molecule has 0 radical (unpaired) electrons. The number of halogens is 1. The van der Waals surface area contributed by atoms with Crippen molar-refractivity contribution in [2.45, 2.75) is 26.9 Å². The van der Waals surface area contributed by atoms with E-state index in [-0.39, 0.29) is 11.7 Å². The standard InChI is InChI=1S/C22H29FN4O/c1-5-27(6-2)21(28)19-11-7-17(8-12-19)15-25-22(24-3)26(4)16-18-9-13-20(23)14-10-18/h7-14H,5-6,15-16H2,1-4H3,(H,24,25). The highest BCUT2D eigenvalue weighted by Gasteiger charge is 2.12. The second-order valence-corrected chi connectivity index (χ2v) is 6.56. The van der Waals surface area contributed by atoms with E-state index in [1.165, 1.54) is 12.1 Å². The van der Waals surface area contributed by atoms with Gasteiger partial charge in [0.15, 0.2) is 5.96 Å². The smallest absolute Gasteiger partial charge is 0.253 e. The Bertz CT molecular complexity index is 783. The normalized spacial score (nSPS) is 11.2. The highest BCUT2D eigenvalue weighted by molar-refractivity contribution is 5.94. The second-order valence-electron chi connectivity index (χ2n) is 6.56. The third kappa shape index (κ3) is 5.81. The Labute approximate surface area is 166 Å². The summed E-state index contributed by atoms with van der Waals surface area (Å²) in [5.74, 6) is 0.559. The zero-order valence-corrected chi connectivity index (χ0v) is 17.1. The largest absolute Gasteiger partial charge is 0.352 e. The molecular weight excluding hydrogens is 355 g/mol. The quantitative estimate of drug-likeness (QED) is 0.587. The van der Waals surface area contributed by atoms with E-state index in [0.29, 0.717) is 31.7 Å². The Morgan fingerprint density at radius 1 is 1.00 bits per heavy atom. The summed E-state index contributed by atoms with van der Waals surface area (Å²) in [6.45, 7) is 6.59. The lowest BCUT2D eigenvalue weighted by Crippen LogP contribution is -2.38. The minimum Gasteiger partial charge on any atom is -0.352 e. The Kier molecular flexibility index (Phi) is 7.99. The van der Waals surface area contributed by atoms with Crippen LogP contribution in [0.1, 0.15) is 35.3 Å². The second kappa shape index (κ2) is 10.4. The lowest BCUT2D eigenvalue weighted by molar-refractivity contribution is 0.0773. The zero-order valence-electron chi connectivity index (χ0n) is 17.1. The van der Waals surface area contributed by atoms with Gasteiger partial charge in [0.2, 0.25) is 0 Å². The van der Waals surface area contributed by atoms with Crippen LogP contribution in [-0.2, 0) is 13.1 Å². The highest BCUT2D eigenvalue weighted by atomic mass is 19.1. The molecule has 0 bridgehead atoms. The maximum atomic E-state index is 13.0. The van der Waals surface area contributed by atoms with Crippen molar-refractivity contribution in [3.8, 4) is 0 Å². The molecule has 0 aliphatic heterocycles. The first-order chi connectivity index (χ1) is 13.5. The number of hydrogen-bond donors (Lipinski definition) is 1. The molecule has 1 N–H and O–H groups in total. The molecule has 0 aliphatic carbocycles. The lowest BCUT2D eigenvalue weighted by Gasteiger charge is -2.22. The van der Waals surface area contributed by atoms with Crippen molar-refractivity contribution in [1.29, 1.82) is 0 Å². The summed E-state index contributed by atoms with van der Waals surface area (Å²) in [6.07, 6.45) is 0. The van der Waals surface area contributed by atoms with Crippen molar-refractivity contribution < 1.29 is 9.18 Å². The van der Waals surface area contributed by atoms with Gasteiger partial charge in [0.1, 0.15) is 5.82 Å². The fourth-order valence-corrected chi connectivity index (χ4v) is 2.96. The summed E-state index contributed by atoms with van der Waals surface area (Å²) in [5.41, 5.74) is 2.77. The third-order valence-electron chi connectivity index (χ3n) is 4.61. The molecule has 6 heteroatoms. The molecule has 150 valence electrons. The number of guanidine groups is 1. The van der Waals surface area contributed by atoms with E-state index >= 15 is 0 Å². The summed E-state index contributed by atoms with van der Waals surface area (Å²) in [6, 6.07) is 14.1. The summed E-state index contributed by atoms with van der Waals surface area (Å²) < 4.78 is 13.0. The molecule has 0 spiro atoms. The van der Waals surface area contributed by atoms with E-state index in [1.807, 2.05) is 50.1 Å². The molecule has 0 atom stereocenters. The van der Waals surface area contributed by atoms with Gasteiger partial charge in [-0.15, -0.1) is 0 Å². The summed E-state index contributed by atoms with van der Waals surface area (Å²) in [4.78, 5) is 20.5. The van der Waals surface area contributed by atoms with Crippen molar-refractivity contribution in [2.75, 3.05) is 27.2 Å². The monoisotopic (exact) mass is 384 g/mol. The van der Waals surface area contributed by atoms with Gasteiger partial charge < -0.3 is 15.1 Å². The first-order valence-electron chi connectivity index (χ1n) is 9.52. The van der Waals surface area contributed by atoms with Crippen molar-refractivity contribution in [3.63, 3.8) is 0 Å². The molecule has 0 aliphatic rings. The number of carbonyl (C=O) groups is 1. The molecule has 0 unspecified atom stereocenters. The van der Waals surface area contributed by atoms with Crippen LogP contribution in [-0.4, -0.2) is 48.9 Å². The van der Waals surface area contributed by atoms with Crippen LogP contribution in [0.4, 0.5) is 4.39 Å². The van der Waals surface area contributed by atoms with Crippen LogP contribution in [0.25, 0.3) is 0 Å². The van der Waals surface area contributed by atoms with Crippen LogP contribution in [0, 0.1) is 5.82 Å². The predicted octanol–water partition coefficient (Wildman–Crippen LogP) is 3.52. The van der Waals surface area contributed by atoms with Crippen LogP contribution in [0.3, 0.4) is 0 Å². The number of aliphatic imine (C=N–C) groups is 1. The first kappa shape index (κ1) is 21.4. The minimum atomic E-state index is -0.239. The number of carbonyl (C=O) groups excluding carboxylic acids is 1. The summed E-state index contributed by atoms with van der Waals surface area (Å²) in [5, 5.41) is 3.32. The Morgan fingerprint density at radius 3 is 2.11 bits per heavy atom. The molecule has 1 amide bonds. The van der Waals surface area contributed by atoms with Gasteiger partial charge in [0, 0.05) is 45.8 Å². The molecule has 2 rings (SSSR count). The van der Waals surface area contributed by atoms with Gasteiger partial charge in [-0.25, -0.2) is 4.39 Å². The average Bonchev–Trinajstić information content (AvgIpc) is 2.71. The molecule has 0 heterocycles. The third-order valence-corrected chi connectivity index (χ3v) is 4.61. The van der Waals surface area contributed by atoms with E-state index in [2.05, 4.69) is 10.3 Å². The van der Waals surface area contributed by atoms with Gasteiger partial charge in [-0.05, 0) is 49.2 Å². The van der Waals surface area contributed by atoms with Crippen LogP contribution < -0.4 is 5.32 Å². The van der Waals surface area contributed by atoms with E-state index < -0.39 is 0 Å². The van der Waals surface area contributed by atoms with Crippen molar-refractivity contribution in [1.82, 2.24) is 15.1 Å². The number of amides is 1.